The number of nitrogens with two attached hydrogens (primary N) is 1. The molecule has 366 valence electrons. The standard InChI is InChI=1S/C47H76N6O11S/c1-44-15-13-32(25-31(44)11-12-34-35(44)26-37(54)45(2)33(14-16-46(34,45)60)30-24-41(58)64-27-30)63-28-40(57)49-17-7-3-4-9-38(55)50-18-20-61-22-23-62-21-19-51-39(56)10-6-5-8-36-42-47(48,29-65-36)53-43(59)52-42/h24,31-37,42,54,60H,3-23,25-29,48H2,1-2H3,(H,49,57)(H,50,55)(H,51,56)(H2,52,53,59)/t31-,32+,33-,34-,35?,36+,37-,42-,44+,45+,46+,47+/m1/s1. The van der Waals surface area contributed by atoms with E-state index in [0.717, 1.165) is 82.6 Å². The molecule has 6 fully saturated rings. The van der Waals surface area contributed by atoms with Crippen molar-refractivity contribution in [3.8, 4) is 0 Å². The predicted octanol–water partition coefficient (Wildman–Crippen LogP) is 2.55. The molecule has 7 rings (SSSR count). The smallest absolute Gasteiger partial charge is 0.331 e. The third-order valence-corrected chi connectivity index (χ3v) is 18.2. The maximum Gasteiger partial charge on any atom is 0.331 e. The lowest BCUT2D eigenvalue weighted by Gasteiger charge is -2.65. The van der Waals surface area contributed by atoms with Crippen LogP contribution in [-0.2, 0) is 38.1 Å². The average molecular weight is 933 g/mol. The topological polar surface area (TPSA) is 249 Å². The van der Waals surface area contributed by atoms with Crippen molar-refractivity contribution >= 4 is 41.5 Å². The van der Waals surface area contributed by atoms with Crippen LogP contribution in [0.15, 0.2) is 11.6 Å². The Kier molecular flexibility index (Phi) is 16.9. The molecule has 0 aromatic rings. The van der Waals surface area contributed by atoms with Gasteiger partial charge in [-0.05, 0) is 112 Å². The molecule has 4 saturated carbocycles. The quantitative estimate of drug-likeness (QED) is 0.0395. The van der Waals surface area contributed by atoms with Gasteiger partial charge in [-0.15, -0.1) is 0 Å². The van der Waals surface area contributed by atoms with E-state index in [1.54, 1.807) is 17.8 Å². The fourth-order valence-corrected chi connectivity index (χ4v) is 14.5. The number of urea groups is 1. The third kappa shape index (κ3) is 11.3. The molecule has 17 nitrogen and oxygen atoms in total. The van der Waals surface area contributed by atoms with Crippen molar-refractivity contribution < 1.29 is 53.1 Å². The minimum Gasteiger partial charge on any atom is -0.458 e. The lowest BCUT2D eigenvalue weighted by Crippen LogP contribution is -2.67. The van der Waals surface area contributed by atoms with Gasteiger partial charge < -0.3 is 61.5 Å². The van der Waals surface area contributed by atoms with Crippen LogP contribution in [0.4, 0.5) is 4.79 Å². The molecule has 0 aromatic heterocycles. The van der Waals surface area contributed by atoms with E-state index in [0.29, 0.717) is 83.4 Å². The molecule has 2 saturated heterocycles. The molecule has 0 bridgehead atoms. The number of hydrogen-bond donors (Lipinski definition) is 8. The minimum absolute atomic E-state index is 0.00448. The van der Waals surface area contributed by atoms with E-state index < -0.39 is 22.8 Å². The summed E-state index contributed by atoms with van der Waals surface area (Å²) in [5.74, 6) is 0.821. The molecular formula is C47H76N6O11S. The summed E-state index contributed by atoms with van der Waals surface area (Å²) in [7, 11) is 0. The van der Waals surface area contributed by atoms with E-state index in [-0.39, 0.29) is 83.5 Å². The number of aliphatic hydroxyl groups excluding tert-OH is 1. The first-order valence-corrected chi connectivity index (χ1v) is 25.5. The molecular weight excluding hydrogens is 857 g/mol. The first-order valence-electron chi connectivity index (χ1n) is 24.5. The number of amides is 5. The summed E-state index contributed by atoms with van der Waals surface area (Å²) >= 11 is 1.76. The van der Waals surface area contributed by atoms with Gasteiger partial charge in [0.05, 0.1) is 50.3 Å². The molecule has 18 heteroatoms. The normalized spacial score (nSPS) is 36.9. The second kappa shape index (κ2) is 22.0. The Morgan fingerprint density at radius 1 is 0.862 bits per heavy atom. The molecule has 12 atom stereocenters. The zero-order valence-electron chi connectivity index (χ0n) is 38.6. The van der Waals surface area contributed by atoms with E-state index in [4.69, 9.17) is 24.7 Å². The predicted molar refractivity (Wildman–Crippen MR) is 243 cm³/mol. The Balaban J connectivity index is 0.653. The Hall–Kier alpha value is -3.00. The molecule has 0 radical (unpaired) electrons. The summed E-state index contributed by atoms with van der Waals surface area (Å²) in [6, 6.07) is -0.280. The van der Waals surface area contributed by atoms with E-state index in [1.807, 2.05) is 6.92 Å². The van der Waals surface area contributed by atoms with Gasteiger partial charge in [0.15, 0.2) is 0 Å². The summed E-state index contributed by atoms with van der Waals surface area (Å²) in [6.07, 6.45) is 13.2. The fraction of sp³-hybridized carbons (Fsp3) is 0.851. The van der Waals surface area contributed by atoms with Gasteiger partial charge in [-0.1, -0.05) is 26.7 Å². The van der Waals surface area contributed by atoms with Crippen molar-refractivity contribution in [3.05, 3.63) is 11.6 Å². The number of hydrogen-bond acceptors (Lipinski definition) is 13. The third-order valence-electron chi connectivity index (χ3n) is 16.6. The Bertz CT molecular complexity index is 1740. The summed E-state index contributed by atoms with van der Waals surface area (Å²) in [4.78, 5) is 60.6. The highest BCUT2D eigenvalue weighted by Gasteiger charge is 2.71. The summed E-state index contributed by atoms with van der Waals surface area (Å²) in [6.45, 7) is 7.60. The van der Waals surface area contributed by atoms with Gasteiger partial charge in [-0.25, -0.2) is 9.59 Å². The highest BCUT2D eigenvalue weighted by molar-refractivity contribution is 8.00. The minimum atomic E-state index is -0.994. The number of carbonyl (C=O) groups excluding carboxylic acids is 5. The lowest BCUT2D eigenvalue weighted by molar-refractivity contribution is -0.245. The van der Waals surface area contributed by atoms with Crippen LogP contribution in [0.2, 0.25) is 0 Å². The van der Waals surface area contributed by atoms with Crippen molar-refractivity contribution in [3.63, 3.8) is 0 Å². The molecule has 7 aliphatic rings. The summed E-state index contributed by atoms with van der Waals surface area (Å²) in [5.41, 5.74) is 4.79. The van der Waals surface area contributed by atoms with E-state index >= 15 is 0 Å². The maximum atomic E-state index is 12.7. The van der Waals surface area contributed by atoms with Crippen molar-refractivity contribution in [2.75, 3.05) is 65.0 Å². The summed E-state index contributed by atoms with van der Waals surface area (Å²) in [5, 5.41) is 39.0. The molecule has 1 unspecified atom stereocenters. The molecule has 9 N–H and O–H groups in total. The summed E-state index contributed by atoms with van der Waals surface area (Å²) < 4.78 is 22.5. The molecule has 5 amide bonds. The number of carbonyl (C=O) groups is 5. The van der Waals surface area contributed by atoms with Gasteiger partial charge in [0.25, 0.3) is 0 Å². The van der Waals surface area contributed by atoms with Crippen molar-refractivity contribution in [2.24, 2.45) is 40.2 Å². The lowest BCUT2D eigenvalue weighted by atomic mass is 9.42. The van der Waals surface area contributed by atoms with Crippen molar-refractivity contribution in [1.29, 1.82) is 0 Å². The number of nitrogens with one attached hydrogen (secondary N) is 5. The molecule has 4 aliphatic carbocycles. The number of aliphatic hydroxyl groups is 2. The van der Waals surface area contributed by atoms with E-state index in [2.05, 4.69) is 33.5 Å². The van der Waals surface area contributed by atoms with E-state index in [1.165, 1.54) is 0 Å². The number of ether oxygens (including phenoxy) is 4. The largest absolute Gasteiger partial charge is 0.458 e. The molecule has 65 heavy (non-hydrogen) atoms. The Labute approximate surface area is 388 Å². The fourth-order valence-electron chi connectivity index (χ4n) is 13.0. The van der Waals surface area contributed by atoms with Gasteiger partial charge in [0.1, 0.15) is 18.9 Å². The highest BCUT2D eigenvalue weighted by atomic mass is 32.2. The zero-order chi connectivity index (χ0) is 46.2. The monoisotopic (exact) mass is 933 g/mol. The van der Waals surface area contributed by atoms with Crippen LogP contribution < -0.4 is 32.3 Å². The Morgan fingerprint density at radius 3 is 2.28 bits per heavy atom. The van der Waals surface area contributed by atoms with Crippen LogP contribution >= 0.6 is 11.8 Å². The second-order valence-electron chi connectivity index (χ2n) is 20.4. The number of esters is 1. The Morgan fingerprint density at radius 2 is 1.57 bits per heavy atom. The van der Waals surface area contributed by atoms with Crippen molar-refractivity contribution in [2.45, 2.75) is 151 Å². The zero-order valence-corrected chi connectivity index (χ0v) is 39.5. The number of fused-ring (bicyclic) bond motifs is 6. The van der Waals surface area contributed by atoms with Crippen LogP contribution in [-0.4, -0.2) is 140 Å². The van der Waals surface area contributed by atoms with E-state index in [9.17, 15) is 34.2 Å². The number of rotatable bonds is 24. The first kappa shape index (κ1) is 49.9. The second-order valence-corrected chi connectivity index (χ2v) is 21.6. The van der Waals surface area contributed by atoms with Gasteiger partial charge in [-0.2, -0.15) is 11.8 Å². The number of cyclic esters (lactones) is 1. The molecule has 0 spiro atoms. The van der Waals surface area contributed by atoms with Gasteiger partial charge >= 0.3 is 12.0 Å². The van der Waals surface area contributed by atoms with Crippen LogP contribution in [0, 0.1) is 34.5 Å². The van der Waals surface area contributed by atoms with Crippen LogP contribution in [0.5, 0.6) is 0 Å². The van der Waals surface area contributed by atoms with Crippen molar-refractivity contribution in [1.82, 2.24) is 26.6 Å². The number of thioether (sulfide) groups is 1. The van der Waals surface area contributed by atoms with Crippen LogP contribution in [0.3, 0.4) is 0 Å². The maximum absolute atomic E-state index is 12.7. The highest BCUT2D eigenvalue weighted by Crippen LogP contribution is 2.70. The molecule has 0 aromatic carbocycles. The van der Waals surface area contributed by atoms with Gasteiger partial charge in [0.2, 0.25) is 17.7 Å². The van der Waals surface area contributed by atoms with Crippen LogP contribution in [0.25, 0.3) is 0 Å². The number of unbranched alkanes of at least 4 members (excludes halogenated alkanes) is 3. The first-order chi connectivity index (χ1) is 31.2. The SMILES string of the molecule is C[C@]12[C@H](O)CC3[C@@H](CC[C@@H]4C[C@@H](OCC(=O)NCCCCCC(=O)NCCOCCOCCNC(=O)CCCC[C@@H]5SC[C@]6(N)NC(=O)N[C@H]56)CC[C@]34C)[C@@]1(O)CC[C@@H]2C1=CC(=O)OC1. The molecule has 3 heterocycles. The molecule has 3 aliphatic heterocycles. The van der Waals surface area contributed by atoms with Gasteiger partial charge in [-0.3, -0.25) is 14.4 Å². The average Bonchev–Trinajstić information content (AvgIpc) is 4.00. The van der Waals surface area contributed by atoms with Gasteiger partial charge in [0, 0.05) is 55.0 Å². The van der Waals surface area contributed by atoms with Crippen LogP contribution in [0.1, 0.15) is 117 Å².